The summed E-state index contributed by atoms with van der Waals surface area (Å²) in [6.07, 6.45) is 4.15. The van der Waals surface area contributed by atoms with Crippen LogP contribution in [0.1, 0.15) is 56.5 Å². The standard InChI is InChI=1S/C16H23N3O/c1-3-5-11-14-18-19-16(20-14)15(17-12-4-2)13-9-7-6-8-10-13/h6-10,15,17H,3-5,11-12H2,1-2H3. The van der Waals surface area contributed by atoms with Gasteiger partial charge in [0, 0.05) is 6.42 Å². The number of nitrogens with zero attached hydrogens (tertiary/aromatic N) is 2. The van der Waals surface area contributed by atoms with Gasteiger partial charge in [0.15, 0.2) is 0 Å². The van der Waals surface area contributed by atoms with Gasteiger partial charge in [-0.3, -0.25) is 0 Å². The monoisotopic (exact) mass is 273 g/mol. The summed E-state index contributed by atoms with van der Waals surface area (Å²) in [7, 11) is 0. The lowest BCUT2D eigenvalue weighted by Crippen LogP contribution is -2.23. The van der Waals surface area contributed by atoms with Crippen LogP contribution in [-0.4, -0.2) is 16.7 Å². The molecule has 1 atom stereocenters. The number of aryl methyl sites for hydroxylation is 1. The molecule has 0 aliphatic rings. The molecule has 2 rings (SSSR count). The van der Waals surface area contributed by atoms with Gasteiger partial charge in [-0.25, -0.2) is 0 Å². The van der Waals surface area contributed by atoms with Gasteiger partial charge >= 0.3 is 0 Å². The van der Waals surface area contributed by atoms with E-state index in [1.807, 2.05) is 18.2 Å². The fourth-order valence-corrected chi connectivity index (χ4v) is 2.09. The molecule has 1 aromatic carbocycles. The molecule has 2 aromatic rings. The van der Waals surface area contributed by atoms with Gasteiger partial charge in [-0.2, -0.15) is 0 Å². The van der Waals surface area contributed by atoms with E-state index in [1.54, 1.807) is 0 Å². The Labute approximate surface area is 120 Å². The van der Waals surface area contributed by atoms with E-state index in [4.69, 9.17) is 4.42 Å². The Balaban J connectivity index is 2.16. The van der Waals surface area contributed by atoms with Crippen LogP contribution in [0.2, 0.25) is 0 Å². The van der Waals surface area contributed by atoms with Crippen molar-refractivity contribution in [3.05, 3.63) is 47.7 Å². The van der Waals surface area contributed by atoms with Gasteiger partial charge in [0.25, 0.3) is 0 Å². The molecule has 20 heavy (non-hydrogen) atoms. The molecule has 0 aliphatic heterocycles. The summed E-state index contributed by atoms with van der Waals surface area (Å²) >= 11 is 0. The largest absolute Gasteiger partial charge is 0.423 e. The molecule has 108 valence electrons. The zero-order valence-corrected chi connectivity index (χ0v) is 12.3. The Morgan fingerprint density at radius 2 is 1.90 bits per heavy atom. The molecule has 1 N–H and O–H groups in total. The molecular formula is C16H23N3O. The van der Waals surface area contributed by atoms with E-state index in [1.165, 1.54) is 0 Å². The van der Waals surface area contributed by atoms with Gasteiger partial charge in [0.1, 0.15) is 6.04 Å². The molecule has 1 unspecified atom stereocenters. The van der Waals surface area contributed by atoms with E-state index >= 15 is 0 Å². The van der Waals surface area contributed by atoms with Gasteiger partial charge in [-0.15, -0.1) is 10.2 Å². The third-order valence-corrected chi connectivity index (χ3v) is 3.20. The zero-order valence-electron chi connectivity index (χ0n) is 12.3. The maximum Gasteiger partial charge on any atom is 0.237 e. The van der Waals surface area contributed by atoms with Crippen LogP contribution >= 0.6 is 0 Å². The van der Waals surface area contributed by atoms with Crippen molar-refractivity contribution in [1.29, 1.82) is 0 Å². The van der Waals surface area contributed by atoms with Crippen molar-refractivity contribution >= 4 is 0 Å². The summed E-state index contributed by atoms with van der Waals surface area (Å²) in [4.78, 5) is 0. The number of nitrogens with one attached hydrogen (secondary N) is 1. The Bertz CT molecular complexity index is 495. The molecule has 0 radical (unpaired) electrons. The van der Waals surface area contributed by atoms with Gasteiger partial charge < -0.3 is 9.73 Å². The van der Waals surface area contributed by atoms with E-state index in [2.05, 4.69) is 41.5 Å². The maximum atomic E-state index is 5.81. The van der Waals surface area contributed by atoms with Gasteiger partial charge in [-0.1, -0.05) is 50.6 Å². The van der Waals surface area contributed by atoms with Crippen LogP contribution in [0.3, 0.4) is 0 Å². The van der Waals surface area contributed by atoms with Crippen molar-refractivity contribution in [1.82, 2.24) is 15.5 Å². The number of hydrogen-bond donors (Lipinski definition) is 1. The second kappa shape index (κ2) is 7.80. The highest BCUT2D eigenvalue weighted by Gasteiger charge is 2.19. The quantitative estimate of drug-likeness (QED) is 0.799. The first-order valence-corrected chi connectivity index (χ1v) is 7.45. The van der Waals surface area contributed by atoms with Crippen LogP contribution in [0, 0.1) is 0 Å². The van der Waals surface area contributed by atoms with Crippen LogP contribution < -0.4 is 5.32 Å². The average molecular weight is 273 g/mol. The summed E-state index contributed by atoms with van der Waals surface area (Å²) < 4.78 is 5.81. The molecule has 0 aliphatic carbocycles. The minimum Gasteiger partial charge on any atom is -0.423 e. The first-order chi connectivity index (χ1) is 9.85. The molecular weight excluding hydrogens is 250 g/mol. The van der Waals surface area contributed by atoms with Crippen molar-refractivity contribution in [2.45, 2.75) is 45.6 Å². The second-order valence-corrected chi connectivity index (χ2v) is 4.94. The zero-order chi connectivity index (χ0) is 14.2. The Kier molecular flexibility index (Phi) is 5.74. The van der Waals surface area contributed by atoms with Crippen LogP contribution in [0.4, 0.5) is 0 Å². The third-order valence-electron chi connectivity index (χ3n) is 3.20. The summed E-state index contributed by atoms with van der Waals surface area (Å²) in [5.74, 6) is 1.40. The SMILES string of the molecule is CCCCc1nnc(C(NCCC)c2ccccc2)o1. The average Bonchev–Trinajstić information content (AvgIpc) is 2.95. The van der Waals surface area contributed by atoms with Gasteiger partial charge in [0.05, 0.1) is 0 Å². The van der Waals surface area contributed by atoms with E-state index in [0.717, 1.165) is 43.7 Å². The predicted molar refractivity (Wildman–Crippen MR) is 79.5 cm³/mol. The lowest BCUT2D eigenvalue weighted by Gasteiger charge is -2.14. The first-order valence-electron chi connectivity index (χ1n) is 7.45. The number of benzene rings is 1. The molecule has 0 saturated carbocycles. The van der Waals surface area contributed by atoms with Crippen LogP contribution in [0.15, 0.2) is 34.7 Å². The van der Waals surface area contributed by atoms with E-state index in [-0.39, 0.29) is 6.04 Å². The Morgan fingerprint density at radius 3 is 2.60 bits per heavy atom. The normalized spacial score (nSPS) is 12.5. The smallest absolute Gasteiger partial charge is 0.237 e. The highest BCUT2D eigenvalue weighted by atomic mass is 16.4. The molecule has 1 aromatic heterocycles. The molecule has 4 heteroatoms. The highest BCUT2D eigenvalue weighted by Crippen LogP contribution is 2.21. The molecule has 0 spiro atoms. The summed E-state index contributed by atoms with van der Waals surface area (Å²) in [5, 5.41) is 11.8. The molecule has 4 nitrogen and oxygen atoms in total. The molecule has 0 saturated heterocycles. The molecule has 0 fully saturated rings. The number of hydrogen-bond acceptors (Lipinski definition) is 4. The van der Waals surface area contributed by atoms with Gasteiger partial charge in [-0.05, 0) is 24.9 Å². The second-order valence-electron chi connectivity index (χ2n) is 4.94. The number of rotatable bonds is 8. The maximum absolute atomic E-state index is 5.81. The highest BCUT2D eigenvalue weighted by molar-refractivity contribution is 5.23. The van der Waals surface area contributed by atoms with Crippen molar-refractivity contribution in [2.24, 2.45) is 0 Å². The fraction of sp³-hybridized carbons (Fsp3) is 0.500. The summed E-state index contributed by atoms with van der Waals surface area (Å²) in [6, 6.07) is 10.2. The van der Waals surface area contributed by atoms with Crippen molar-refractivity contribution in [2.75, 3.05) is 6.54 Å². The molecule has 0 bridgehead atoms. The lowest BCUT2D eigenvalue weighted by molar-refractivity contribution is 0.402. The van der Waals surface area contributed by atoms with Crippen molar-refractivity contribution < 1.29 is 4.42 Å². The Morgan fingerprint density at radius 1 is 1.10 bits per heavy atom. The number of unbranched alkanes of at least 4 members (excludes halogenated alkanes) is 1. The summed E-state index contributed by atoms with van der Waals surface area (Å²) in [6.45, 7) is 5.23. The molecule has 0 amide bonds. The first kappa shape index (κ1) is 14.7. The fourth-order valence-electron chi connectivity index (χ4n) is 2.09. The minimum atomic E-state index is -0.0148. The predicted octanol–water partition coefficient (Wildman–Crippen LogP) is 3.50. The van der Waals surface area contributed by atoms with Crippen LogP contribution in [0.5, 0.6) is 0 Å². The van der Waals surface area contributed by atoms with E-state index in [0.29, 0.717) is 5.89 Å². The van der Waals surface area contributed by atoms with Gasteiger partial charge in [0.2, 0.25) is 11.8 Å². The van der Waals surface area contributed by atoms with Crippen molar-refractivity contribution in [3.8, 4) is 0 Å². The Hall–Kier alpha value is -1.68. The summed E-state index contributed by atoms with van der Waals surface area (Å²) in [5.41, 5.74) is 1.16. The topological polar surface area (TPSA) is 51.0 Å². The minimum absolute atomic E-state index is 0.0148. The van der Waals surface area contributed by atoms with Crippen LogP contribution in [-0.2, 0) is 6.42 Å². The third kappa shape index (κ3) is 3.90. The van der Waals surface area contributed by atoms with E-state index in [9.17, 15) is 0 Å². The number of aromatic nitrogens is 2. The lowest BCUT2D eigenvalue weighted by atomic mass is 10.1. The van der Waals surface area contributed by atoms with E-state index < -0.39 is 0 Å². The van der Waals surface area contributed by atoms with Crippen molar-refractivity contribution in [3.63, 3.8) is 0 Å². The molecule has 1 heterocycles. The van der Waals surface area contributed by atoms with Crippen LogP contribution in [0.25, 0.3) is 0 Å².